The smallest absolute Gasteiger partial charge is 0.317 e. The summed E-state index contributed by atoms with van der Waals surface area (Å²) < 4.78 is 27.4. The van der Waals surface area contributed by atoms with Crippen molar-refractivity contribution in [3.8, 4) is 0 Å². The molecular formula is C16H20F2N2O. The van der Waals surface area contributed by atoms with Gasteiger partial charge in [-0.2, -0.15) is 0 Å². The Kier molecular flexibility index (Phi) is 3.83. The molecule has 2 saturated carbocycles. The molecule has 0 heterocycles. The van der Waals surface area contributed by atoms with Crippen LogP contribution in [0.4, 0.5) is 13.6 Å². The van der Waals surface area contributed by atoms with Crippen molar-refractivity contribution < 1.29 is 13.6 Å². The van der Waals surface area contributed by atoms with E-state index in [0.717, 1.165) is 44.2 Å². The summed E-state index contributed by atoms with van der Waals surface area (Å²) in [4.78, 5) is 14.0. The fourth-order valence-corrected chi connectivity index (χ4v) is 2.81. The van der Waals surface area contributed by atoms with Crippen LogP contribution in [0.5, 0.6) is 0 Å². The van der Waals surface area contributed by atoms with Crippen LogP contribution < -0.4 is 5.32 Å². The predicted octanol–water partition coefficient (Wildman–Crippen LogP) is 3.61. The van der Waals surface area contributed by atoms with Gasteiger partial charge in [-0.3, -0.25) is 0 Å². The fraction of sp³-hybridized carbons (Fsp3) is 0.562. The molecule has 0 unspecified atom stereocenters. The van der Waals surface area contributed by atoms with Crippen LogP contribution in [0, 0.1) is 17.6 Å². The lowest BCUT2D eigenvalue weighted by Crippen LogP contribution is -2.47. The van der Waals surface area contributed by atoms with E-state index in [1.54, 1.807) is 11.9 Å². The number of hydrogen-bond acceptors (Lipinski definition) is 1. The van der Waals surface area contributed by atoms with Gasteiger partial charge in [0.25, 0.3) is 0 Å². The maximum Gasteiger partial charge on any atom is 0.317 e. The molecule has 0 radical (unpaired) electrons. The average Bonchev–Trinajstić information content (AvgIpc) is 3.21. The minimum atomic E-state index is -0.473. The molecule has 1 N–H and O–H groups in total. The van der Waals surface area contributed by atoms with Crippen LogP contribution in [0.3, 0.4) is 0 Å². The maximum absolute atomic E-state index is 14.0. The second-order valence-corrected chi connectivity index (χ2v) is 6.13. The summed E-state index contributed by atoms with van der Waals surface area (Å²) in [6.07, 6.45) is 5.06. The number of nitrogens with zero attached hydrogens (tertiary/aromatic N) is 1. The Labute approximate surface area is 123 Å². The van der Waals surface area contributed by atoms with E-state index >= 15 is 0 Å². The van der Waals surface area contributed by atoms with Crippen LogP contribution in [-0.4, -0.2) is 24.0 Å². The second-order valence-electron chi connectivity index (χ2n) is 6.13. The topological polar surface area (TPSA) is 32.3 Å². The third-order valence-corrected chi connectivity index (χ3v) is 4.61. The lowest BCUT2D eigenvalue weighted by molar-refractivity contribution is 0.153. The first kappa shape index (κ1) is 14.3. The van der Waals surface area contributed by atoms with Crippen molar-refractivity contribution >= 4 is 6.03 Å². The monoisotopic (exact) mass is 294 g/mol. The Hall–Kier alpha value is -1.65. The van der Waals surface area contributed by atoms with Crippen LogP contribution in [0.15, 0.2) is 18.2 Å². The minimum absolute atomic E-state index is 0.194. The molecule has 3 nitrogen and oxygen atoms in total. The number of hydrogen-bond donors (Lipinski definition) is 1. The number of carbonyl (C=O) groups excluding carboxylic acids is 1. The first-order chi connectivity index (χ1) is 10.1. The highest BCUT2D eigenvalue weighted by molar-refractivity contribution is 5.75. The summed E-state index contributed by atoms with van der Waals surface area (Å²) in [5, 5.41) is 2.89. The number of nitrogens with one attached hydrogen (secondary N) is 1. The van der Waals surface area contributed by atoms with Gasteiger partial charge in [-0.25, -0.2) is 13.6 Å². The third kappa shape index (κ3) is 3.01. The first-order valence-electron chi connectivity index (χ1n) is 7.54. The Morgan fingerprint density at radius 2 is 2.00 bits per heavy atom. The van der Waals surface area contributed by atoms with E-state index < -0.39 is 17.7 Å². The zero-order valence-electron chi connectivity index (χ0n) is 12.1. The van der Waals surface area contributed by atoms with E-state index in [4.69, 9.17) is 0 Å². The average molecular weight is 294 g/mol. The summed E-state index contributed by atoms with van der Waals surface area (Å²) in [6.45, 7) is 0. The van der Waals surface area contributed by atoms with Crippen molar-refractivity contribution in [2.45, 2.75) is 44.2 Å². The van der Waals surface area contributed by atoms with Crippen molar-refractivity contribution in [1.29, 1.82) is 0 Å². The second kappa shape index (κ2) is 5.62. The van der Waals surface area contributed by atoms with Gasteiger partial charge in [0.2, 0.25) is 0 Å². The summed E-state index contributed by atoms with van der Waals surface area (Å²) in [6, 6.07) is 3.08. The Balaban J connectivity index is 1.75. The molecule has 3 rings (SSSR count). The van der Waals surface area contributed by atoms with Gasteiger partial charge in [-0.1, -0.05) is 0 Å². The summed E-state index contributed by atoms with van der Waals surface area (Å²) >= 11 is 0. The fourth-order valence-electron chi connectivity index (χ4n) is 2.81. The number of halogens is 2. The van der Waals surface area contributed by atoms with Crippen LogP contribution >= 0.6 is 0 Å². The van der Waals surface area contributed by atoms with Crippen molar-refractivity contribution in [3.05, 3.63) is 35.4 Å². The van der Waals surface area contributed by atoms with Crippen molar-refractivity contribution in [2.24, 2.45) is 5.92 Å². The Morgan fingerprint density at radius 3 is 2.57 bits per heavy atom. The molecule has 2 amide bonds. The van der Waals surface area contributed by atoms with E-state index in [1.807, 2.05) is 0 Å². The molecule has 0 saturated heterocycles. The predicted molar refractivity (Wildman–Crippen MR) is 75.8 cm³/mol. The Bertz CT molecular complexity index is 541. The lowest BCUT2D eigenvalue weighted by atomic mass is 9.92. The highest BCUT2D eigenvalue weighted by Gasteiger charge is 2.36. The van der Waals surface area contributed by atoms with E-state index in [0.29, 0.717) is 0 Å². The zero-order valence-corrected chi connectivity index (χ0v) is 12.1. The molecule has 1 atom stereocenters. The van der Waals surface area contributed by atoms with Gasteiger partial charge in [0, 0.05) is 18.7 Å². The van der Waals surface area contributed by atoms with Gasteiger partial charge in [-0.15, -0.1) is 0 Å². The van der Waals surface area contributed by atoms with Gasteiger partial charge in [-0.05, 0) is 56.2 Å². The van der Waals surface area contributed by atoms with Gasteiger partial charge >= 0.3 is 6.03 Å². The van der Waals surface area contributed by atoms with Crippen LogP contribution in [0.25, 0.3) is 0 Å². The van der Waals surface area contributed by atoms with E-state index in [1.165, 1.54) is 6.07 Å². The van der Waals surface area contributed by atoms with Gasteiger partial charge < -0.3 is 10.2 Å². The number of urea groups is 1. The molecule has 114 valence electrons. The molecule has 21 heavy (non-hydrogen) atoms. The number of benzene rings is 1. The van der Waals surface area contributed by atoms with Crippen LogP contribution in [0.2, 0.25) is 0 Å². The minimum Gasteiger partial charge on any atom is -0.331 e. The normalized spacial score (nSPS) is 19.8. The highest BCUT2D eigenvalue weighted by Crippen LogP contribution is 2.42. The Morgan fingerprint density at radius 1 is 1.29 bits per heavy atom. The third-order valence-electron chi connectivity index (χ3n) is 4.61. The standard InChI is InChI=1S/C16H20F2N2O/c1-20(12-3-2-4-12)16(21)19-15(10-5-6-10)13-9-11(17)7-8-14(13)18/h7-10,12,15H,2-6H2,1H3,(H,19,21)/t15-/m1/s1. The molecule has 0 spiro atoms. The SMILES string of the molecule is CN(C(=O)N[C@@H](c1cc(F)ccc1F)C1CC1)C1CCC1. The molecular weight excluding hydrogens is 274 g/mol. The maximum atomic E-state index is 14.0. The van der Waals surface area contributed by atoms with E-state index in [-0.39, 0.29) is 23.6 Å². The lowest BCUT2D eigenvalue weighted by Gasteiger charge is -2.35. The zero-order chi connectivity index (χ0) is 15.0. The molecule has 5 heteroatoms. The van der Waals surface area contributed by atoms with Crippen molar-refractivity contribution in [2.75, 3.05) is 7.05 Å². The highest BCUT2D eigenvalue weighted by atomic mass is 19.1. The van der Waals surface area contributed by atoms with Gasteiger partial charge in [0.1, 0.15) is 11.6 Å². The first-order valence-corrected chi connectivity index (χ1v) is 7.54. The molecule has 0 aliphatic heterocycles. The van der Waals surface area contributed by atoms with Gasteiger partial charge in [0.05, 0.1) is 6.04 Å². The van der Waals surface area contributed by atoms with E-state index in [2.05, 4.69) is 5.32 Å². The van der Waals surface area contributed by atoms with Gasteiger partial charge in [0.15, 0.2) is 0 Å². The molecule has 2 aliphatic carbocycles. The van der Waals surface area contributed by atoms with E-state index in [9.17, 15) is 13.6 Å². The molecule has 2 fully saturated rings. The number of rotatable bonds is 4. The molecule has 0 bridgehead atoms. The summed E-state index contributed by atoms with van der Waals surface area (Å²) in [5.41, 5.74) is 0.257. The quantitative estimate of drug-likeness (QED) is 0.904. The number of carbonyl (C=O) groups is 1. The number of amides is 2. The molecule has 1 aromatic carbocycles. The molecule has 2 aliphatic rings. The summed E-state index contributed by atoms with van der Waals surface area (Å²) in [7, 11) is 1.77. The van der Waals surface area contributed by atoms with Crippen molar-refractivity contribution in [3.63, 3.8) is 0 Å². The van der Waals surface area contributed by atoms with Crippen LogP contribution in [0.1, 0.15) is 43.7 Å². The molecule has 0 aromatic heterocycles. The molecule has 1 aromatic rings. The summed E-state index contributed by atoms with van der Waals surface area (Å²) in [5.74, 6) is -0.724. The largest absolute Gasteiger partial charge is 0.331 e. The van der Waals surface area contributed by atoms with Crippen molar-refractivity contribution in [1.82, 2.24) is 10.2 Å². The van der Waals surface area contributed by atoms with Crippen LogP contribution in [-0.2, 0) is 0 Å².